The number of hydrogen-bond acceptors (Lipinski definition) is 2. The molecule has 1 aliphatic heterocycles. The van der Waals surface area contributed by atoms with Crippen molar-refractivity contribution in [3.63, 3.8) is 0 Å². The predicted octanol–water partition coefficient (Wildman–Crippen LogP) is 1.65. The molecule has 1 aromatic rings. The molecule has 1 heterocycles. The molecule has 1 saturated heterocycles. The van der Waals surface area contributed by atoms with Crippen LogP contribution in [0, 0.1) is 6.92 Å². The second-order valence-electron chi connectivity index (χ2n) is 4.45. The quantitative estimate of drug-likeness (QED) is 0.892. The zero-order valence-electron chi connectivity index (χ0n) is 10.1. The normalized spacial score (nSPS) is 18.6. The topological polar surface area (TPSA) is 58.2 Å². The minimum absolute atomic E-state index is 0.0474. The largest absolute Gasteiger partial charge is 0.350 e. The molecule has 1 aromatic carbocycles. The van der Waals surface area contributed by atoms with Crippen LogP contribution in [0.25, 0.3) is 0 Å². The smallest absolute Gasteiger partial charge is 0.242 e. The van der Waals surface area contributed by atoms with Crippen LogP contribution in [0.4, 0.5) is 0 Å². The number of carbonyl (C=O) groups is 2. The first kappa shape index (κ1) is 13.1. The van der Waals surface area contributed by atoms with Gasteiger partial charge in [0, 0.05) is 17.4 Å². The lowest BCUT2D eigenvalue weighted by atomic mass is 10.1. The molecular formula is C13H15BrN2O2. The number of aryl methyl sites for hydroxylation is 1. The van der Waals surface area contributed by atoms with E-state index in [2.05, 4.69) is 26.6 Å². The molecule has 0 radical (unpaired) electrons. The average molecular weight is 311 g/mol. The van der Waals surface area contributed by atoms with Crippen LogP contribution in [0.1, 0.15) is 24.0 Å². The van der Waals surface area contributed by atoms with E-state index in [1.807, 2.05) is 25.1 Å². The number of benzene rings is 1. The first-order chi connectivity index (χ1) is 8.56. The summed E-state index contributed by atoms with van der Waals surface area (Å²) in [5.41, 5.74) is 2.20. The summed E-state index contributed by atoms with van der Waals surface area (Å²) >= 11 is 3.41. The highest BCUT2D eigenvalue weighted by Gasteiger charge is 2.26. The van der Waals surface area contributed by atoms with Crippen LogP contribution >= 0.6 is 15.9 Å². The highest BCUT2D eigenvalue weighted by molar-refractivity contribution is 9.10. The van der Waals surface area contributed by atoms with Gasteiger partial charge >= 0.3 is 0 Å². The van der Waals surface area contributed by atoms with E-state index in [0.717, 1.165) is 15.6 Å². The van der Waals surface area contributed by atoms with Crippen molar-refractivity contribution in [2.45, 2.75) is 32.4 Å². The van der Waals surface area contributed by atoms with E-state index in [1.165, 1.54) is 0 Å². The lowest BCUT2D eigenvalue weighted by Crippen LogP contribution is -2.41. The van der Waals surface area contributed by atoms with Crippen LogP contribution in [0.15, 0.2) is 22.7 Å². The SMILES string of the molecule is Cc1ccc(Br)cc1CNC(=O)C1CCC(=O)N1. The van der Waals surface area contributed by atoms with E-state index in [1.54, 1.807) is 0 Å². The van der Waals surface area contributed by atoms with Gasteiger partial charge in [-0.1, -0.05) is 22.0 Å². The Bertz CT molecular complexity index is 488. The summed E-state index contributed by atoms with van der Waals surface area (Å²) in [4.78, 5) is 22.9. The molecule has 1 unspecified atom stereocenters. The van der Waals surface area contributed by atoms with E-state index < -0.39 is 0 Å². The summed E-state index contributed by atoms with van der Waals surface area (Å²) in [5.74, 6) is -0.158. The number of nitrogens with one attached hydrogen (secondary N) is 2. The van der Waals surface area contributed by atoms with E-state index in [-0.39, 0.29) is 17.9 Å². The van der Waals surface area contributed by atoms with Gasteiger partial charge in [-0.15, -0.1) is 0 Å². The van der Waals surface area contributed by atoms with E-state index in [9.17, 15) is 9.59 Å². The fourth-order valence-corrected chi connectivity index (χ4v) is 2.36. The van der Waals surface area contributed by atoms with Gasteiger partial charge in [0.15, 0.2) is 0 Å². The van der Waals surface area contributed by atoms with Crippen LogP contribution < -0.4 is 10.6 Å². The zero-order chi connectivity index (χ0) is 13.1. The molecule has 0 aromatic heterocycles. The lowest BCUT2D eigenvalue weighted by molar-refractivity contribution is -0.125. The highest BCUT2D eigenvalue weighted by atomic mass is 79.9. The lowest BCUT2D eigenvalue weighted by Gasteiger charge is -2.12. The van der Waals surface area contributed by atoms with Crippen LogP contribution in [0.3, 0.4) is 0 Å². The monoisotopic (exact) mass is 310 g/mol. The van der Waals surface area contributed by atoms with Crippen molar-refractivity contribution in [3.8, 4) is 0 Å². The van der Waals surface area contributed by atoms with Crippen LogP contribution in [-0.4, -0.2) is 17.9 Å². The van der Waals surface area contributed by atoms with Crippen molar-refractivity contribution >= 4 is 27.7 Å². The van der Waals surface area contributed by atoms with Gasteiger partial charge in [0.25, 0.3) is 0 Å². The molecule has 1 aliphatic rings. The van der Waals surface area contributed by atoms with Gasteiger partial charge < -0.3 is 10.6 Å². The zero-order valence-corrected chi connectivity index (χ0v) is 11.7. The summed E-state index contributed by atoms with van der Waals surface area (Å²) < 4.78 is 0.992. The van der Waals surface area contributed by atoms with Crippen LogP contribution in [0.5, 0.6) is 0 Å². The van der Waals surface area contributed by atoms with Crippen molar-refractivity contribution in [1.82, 2.24) is 10.6 Å². The maximum absolute atomic E-state index is 11.8. The Morgan fingerprint density at radius 1 is 1.56 bits per heavy atom. The summed E-state index contributed by atoms with van der Waals surface area (Å²) in [6.07, 6.45) is 1.02. The molecule has 1 atom stereocenters. The number of hydrogen-bond donors (Lipinski definition) is 2. The standard InChI is InChI=1S/C13H15BrN2O2/c1-8-2-3-10(14)6-9(8)7-15-13(18)11-4-5-12(17)16-11/h2-3,6,11H,4-5,7H2,1H3,(H,15,18)(H,16,17). The van der Waals surface area contributed by atoms with Crippen molar-refractivity contribution in [1.29, 1.82) is 0 Å². The molecule has 2 N–H and O–H groups in total. The number of amides is 2. The van der Waals surface area contributed by atoms with Gasteiger partial charge in [-0.05, 0) is 36.6 Å². The molecule has 2 rings (SSSR count). The van der Waals surface area contributed by atoms with E-state index in [4.69, 9.17) is 0 Å². The second-order valence-corrected chi connectivity index (χ2v) is 5.36. The van der Waals surface area contributed by atoms with E-state index in [0.29, 0.717) is 19.4 Å². The fraction of sp³-hybridized carbons (Fsp3) is 0.385. The molecule has 0 aliphatic carbocycles. The van der Waals surface area contributed by atoms with Gasteiger partial charge in [-0.3, -0.25) is 9.59 Å². The summed E-state index contributed by atoms with van der Waals surface area (Å²) in [6, 6.07) is 5.59. The molecule has 4 nitrogen and oxygen atoms in total. The van der Waals surface area contributed by atoms with Gasteiger partial charge in [-0.2, -0.15) is 0 Å². The van der Waals surface area contributed by atoms with Gasteiger partial charge in [0.1, 0.15) is 6.04 Å². The number of halogens is 1. The Morgan fingerprint density at radius 2 is 2.33 bits per heavy atom. The van der Waals surface area contributed by atoms with Gasteiger partial charge in [0.05, 0.1) is 0 Å². The Balaban J connectivity index is 1.93. The molecule has 0 spiro atoms. The maximum Gasteiger partial charge on any atom is 0.242 e. The van der Waals surface area contributed by atoms with Crippen molar-refractivity contribution < 1.29 is 9.59 Å². The molecule has 0 bridgehead atoms. The Morgan fingerprint density at radius 3 is 3.00 bits per heavy atom. The third-order valence-electron chi connectivity index (χ3n) is 3.08. The van der Waals surface area contributed by atoms with E-state index >= 15 is 0 Å². The fourth-order valence-electron chi connectivity index (χ4n) is 1.95. The summed E-state index contributed by atoms with van der Waals surface area (Å²) in [7, 11) is 0. The van der Waals surface area contributed by atoms with Gasteiger partial charge in [-0.25, -0.2) is 0 Å². The maximum atomic E-state index is 11.8. The van der Waals surface area contributed by atoms with Crippen molar-refractivity contribution in [2.75, 3.05) is 0 Å². The Hall–Kier alpha value is -1.36. The number of carbonyl (C=O) groups excluding carboxylic acids is 2. The Labute approximate surface area is 114 Å². The molecular weight excluding hydrogens is 296 g/mol. The molecule has 5 heteroatoms. The highest BCUT2D eigenvalue weighted by Crippen LogP contribution is 2.16. The predicted molar refractivity (Wildman–Crippen MR) is 71.9 cm³/mol. The first-order valence-corrected chi connectivity index (χ1v) is 6.67. The van der Waals surface area contributed by atoms with Crippen LogP contribution in [-0.2, 0) is 16.1 Å². The third kappa shape index (κ3) is 3.10. The van der Waals surface area contributed by atoms with Gasteiger partial charge in [0.2, 0.25) is 11.8 Å². The minimum Gasteiger partial charge on any atom is -0.350 e. The van der Waals surface area contributed by atoms with Crippen molar-refractivity contribution in [2.24, 2.45) is 0 Å². The molecule has 2 amide bonds. The first-order valence-electron chi connectivity index (χ1n) is 5.88. The average Bonchev–Trinajstić information content (AvgIpc) is 2.77. The molecule has 18 heavy (non-hydrogen) atoms. The van der Waals surface area contributed by atoms with Crippen molar-refractivity contribution in [3.05, 3.63) is 33.8 Å². The third-order valence-corrected chi connectivity index (χ3v) is 3.57. The summed E-state index contributed by atoms with van der Waals surface area (Å²) in [5, 5.41) is 5.51. The Kier molecular flexibility index (Phi) is 4.01. The molecule has 96 valence electrons. The minimum atomic E-state index is -0.370. The number of rotatable bonds is 3. The molecule has 0 saturated carbocycles. The summed E-state index contributed by atoms with van der Waals surface area (Å²) in [6.45, 7) is 2.49. The second kappa shape index (κ2) is 5.52. The van der Waals surface area contributed by atoms with Crippen LogP contribution in [0.2, 0.25) is 0 Å². The molecule has 1 fully saturated rings.